The van der Waals surface area contributed by atoms with Crippen molar-refractivity contribution in [2.45, 2.75) is 20.8 Å². The maximum atomic E-state index is 6.29. The summed E-state index contributed by atoms with van der Waals surface area (Å²) >= 11 is 3.53. The number of hydrogen-bond donors (Lipinski definition) is 1. The quantitative estimate of drug-likeness (QED) is 0.384. The second-order valence-corrected chi connectivity index (χ2v) is 5.84. The summed E-state index contributed by atoms with van der Waals surface area (Å²) in [7, 11) is 0. The number of benzene rings is 3. The predicted octanol–water partition coefficient (Wildman–Crippen LogP) is 6.55. The highest BCUT2D eigenvalue weighted by atomic mass is 32.1. The van der Waals surface area contributed by atoms with Crippen molar-refractivity contribution in [3.05, 3.63) is 83.2 Å². The molecule has 28 heavy (non-hydrogen) atoms. The zero-order valence-electron chi connectivity index (χ0n) is 17.1. The van der Waals surface area contributed by atoms with Gasteiger partial charge in [-0.15, -0.1) is 0 Å². The predicted molar refractivity (Wildman–Crippen MR) is 128 cm³/mol. The maximum absolute atomic E-state index is 6.29. The van der Waals surface area contributed by atoms with Crippen LogP contribution < -0.4 is 10.4 Å². The van der Waals surface area contributed by atoms with Crippen molar-refractivity contribution < 1.29 is 4.42 Å². The summed E-state index contributed by atoms with van der Waals surface area (Å²) in [5.74, 6) is 0.908. The van der Waals surface area contributed by atoms with Gasteiger partial charge in [0, 0.05) is 16.5 Å². The molecule has 0 aliphatic rings. The Morgan fingerprint density at radius 1 is 0.786 bits per heavy atom. The highest BCUT2D eigenvalue weighted by Crippen LogP contribution is 2.38. The van der Waals surface area contributed by atoms with E-state index in [2.05, 4.69) is 61.7 Å². The van der Waals surface area contributed by atoms with Gasteiger partial charge in [0.1, 0.15) is 11.3 Å². The SMILES string of the molecule is C=c1ccc2oc(-c3ccccc3)c(-c3ccccc3)c2/c1=C/C.CC.CS. The summed E-state index contributed by atoms with van der Waals surface area (Å²) in [6, 6.07) is 24.7. The summed E-state index contributed by atoms with van der Waals surface area (Å²) in [5.41, 5.74) is 4.27. The fraction of sp³-hybridized carbons (Fsp3) is 0.154. The lowest BCUT2D eigenvalue weighted by Crippen LogP contribution is -2.22. The van der Waals surface area contributed by atoms with Crippen LogP contribution in [-0.2, 0) is 0 Å². The minimum atomic E-state index is 0.896. The molecule has 0 N–H and O–H groups in total. The molecule has 0 aliphatic carbocycles. The van der Waals surface area contributed by atoms with Crippen LogP contribution in [0.5, 0.6) is 0 Å². The van der Waals surface area contributed by atoms with Gasteiger partial charge in [0.2, 0.25) is 0 Å². The monoisotopic (exact) mass is 388 g/mol. The smallest absolute Gasteiger partial charge is 0.143 e. The van der Waals surface area contributed by atoms with Crippen molar-refractivity contribution in [3.63, 3.8) is 0 Å². The van der Waals surface area contributed by atoms with Gasteiger partial charge in [0.15, 0.2) is 0 Å². The second-order valence-electron chi connectivity index (χ2n) is 5.84. The Labute approximate surface area is 173 Å². The molecule has 3 aromatic carbocycles. The van der Waals surface area contributed by atoms with Crippen LogP contribution in [-0.4, -0.2) is 6.26 Å². The molecule has 2 heteroatoms. The Morgan fingerprint density at radius 3 is 1.86 bits per heavy atom. The third-order valence-corrected chi connectivity index (χ3v) is 4.37. The fourth-order valence-electron chi connectivity index (χ4n) is 3.26. The molecular weight excluding hydrogens is 360 g/mol. The Bertz CT molecular complexity index is 1110. The Kier molecular flexibility index (Phi) is 8.16. The van der Waals surface area contributed by atoms with Gasteiger partial charge in [-0.05, 0) is 35.2 Å². The lowest BCUT2D eigenvalue weighted by atomic mass is 9.97. The van der Waals surface area contributed by atoms with E-state index < -0.39 is 0 Å². The average Bonchev–Trinajstić information content (AvgIpc) is 3.17. The molecule has 1 heterocycles. The van der Waals surface area contributed by atoms with Crippen LogP contribution in [0, 0.1) is 0 Å². The van der Waals surface area contributed by atoms with Gasteiger partial charge < -0.3 is 4.42 Å². The molecule has 0 atom stereocenters. The largest absolute Gasteiger partial charge is 0.455 e. The van der Waals surface area contributed by atoms with Crippen molar-refractivity contribution in [2.75, 3.05) is 6.26 Å². The Morgan fingerprint density at radius 2 is 1.32 bits per heavy atom. The minimum absolute atomic E-state index is 0.896. The molecule has 0 fully saturated rings. The van der Waals surface area contributed by atoms with E-state index >= 15 is 0 Å². The van der Waals surface area contributed by atoms with Crippen molar-refractivity contribution >= 4 is 36.3 Å². The van der Waals surface area contributed by atoms with Crippen molar-refractivity contribution in [2.24, 2.45) is 0 Å². The van der Waals surface area contributed by atoms with E-state index in [1.54, 1.807) is 6.26 Å². The van der Waals surface area contributed by atoms with Crippen LogP contribution in [0.1, 0.15) is 20.8 Å². The number of fused-ring (bicyclic) bond motifs is 1. The van der Waals surface area contributed by atoms with Crippen LogP contribution in [0.25, 0.3) is 46.1 Å². The molecule has 0 aliphatic heterocycles. The van der Waals surface area contributed by atoms with Gasteiger partial charge in [0.25, 0.3) is 0 Å². The molecule has 0 radical (unpaired) electrons. The Hall–Kier alpha value is -2.71. The topological polar surface area (TPSA) is 13.1 Å². The molecule has 0 spiro atoms. The fourth-order valence-corrected chi connectivity index (χ4v) is 3.26. The molecule has 0 amide bonds. The van der Waals surface area contributed by atoms with Crippen LogP contribution in [0.2, 0.25) is 0 Å². The molecule has 0 unspecified atom stereocenters. The highest BCUT2D eigenvalue weighted by molar-refractivity contribution is 7.79. The summed E-state index contributed by atoms with van der Waals surface area (Å²) in [6.07, 6.45) is 3.81. The molecule has 1 nitrogen and oxygen atoms in total. The lowest BCUT2D eigenvalue weighted by Gasteiger charge is -2.04. The zero-order chi connectivity index (χ0) is 20.5. The first-order chi connectivity index (χ1) is 13.8. The van der Waals surface area contributed by atoms with Crippen LogP contribution in [0.15, 0.2) is 77.2 Å². The standard InChI is InChI=1S/C23H18O.C2H6.CH4S/c1-3-19-16(2)14-15-20-22(19)21(17-10-6-4-7-11-17)23(24-20)18-12-8-5-9-13-18;2*1-2/h3-15H,2H2,1H3;1-2H3;2H,1H3/b19-3+;;. The molecule has 4 rings (SSSR count). The van der Waals surface area contributed by atoms with E-state index in [0.717, 1.165) is 43.9 Å². The van der Waals surface area contributed by atoms with Gasteiger partial charge in [-0.2, -0.15) is 12.6 Å². The van der Waals surface area contributed by atoms with Crippen LogP contribution in [0.3, 0.4) is 0 Å². The molecule has 0 bridgehead atoms. The van der Waals surface area contributed by atoms with E-state index in [0.29, 0.717) is 0 Å². The third-order valence-electron chi connectivity index (χ3n) is 4.37. The van der Waals surface area contributed by atoms with Crippen molar-refractivity contribution in [1.82, 2.24) is 0 Å². The molecule has 1 aromatic heterocycles. The van der Waals surface area contributed by atoms with Gasteiger partial charge in [-0.25, -0.2) is 0 Å². The molecule has 144 valence electrons. The molecular formula is C26H28OS. The van der Waals surface area contributed by atoms with E-state index in [9.17, 15) is 0 Å². The first kappa shape index (κ1) is 21.6. The summed E-state index contributed by atoms with van der Waals surface area (Å²) in [4.78, 5) is 0. The third kappa shape index (κ3) is 4.23. The van der Waals surface area contributed by atoms with Crippen molar-refractivity contribution in [3.8, 4) is 22.5 Å². The summed E-state index contributed by atoms with van der Waals surface area (Å²) < 4.78 is 6.29. The first-order valence-corrected chi connectivity index (χ1v) is 10.5. The van der Waals surface area contributed by atoms with Gasteiger partial charge in [0.05, 0.1) is 0 Å². The maximum Gasteiger partial charge on any atom is 0.143 e. The van der Waals surface area contributed by atoms with E-state index in [4.69, 9.17) is 4.42 Å². The van der Waals surface area contributed by atoms with Crippen LogP contribution >= 0.6 is 12.6 Å². The van der Waals surface area contributed by atoms with Gasteiger partial charge in [-0.3, -0.25) is 0 Å². The number of furan rings is 1. The van der Waals surface area contributed by atoms with Crippen molar-refractivity contribution in [1.29, 1.82) is 0 Å². The van der Waals surface area contributed by atoms with Gasteiger partial charge in [-0.1, -0.05) is 93.2 Å². The Balaban J connectivity index is 0.000000660. The van der Waals surface area contributed by atoms with Gasteiger partial charge >= 0.3 is 0 Å². The van der Waals surface area contributed by atoms with E-state index in [-0.39, 0.29) is 0 Å². The summed E-state index contributed by atoms with van der Waals surface area (Å²) in [6.45, 7) is 10.2. The minimum Gasteiger partial charge on any atom is -0.455 e. The number of thiol groups is 1. The normalized spacial score (nSPS) is 10.7. The number of rotatable bonds is 2. The second kappa shape index (κ2) is 10.6. The van der Waals surface area contributed by atoms with E-state index in [1.807, 2.05) is 57.2 Å². The molecule has 4 aromatic rings. The van der Waals surface area contributed by atoms with E-state index in [1.165, 1.54) is 0 Å². The first-order valence-electron chi connectivity index (χ1n) is 9.56. The molecule has 0 saturated carbocycles. The average molecular weight is 389 g/mol. The summed E-state index contributed by atoms with van der Waals surface area (Å²) in [5, 5.41) is 3.29. The lowest BCUT2D eigenvalue weighted by molar-refractivity contribution is 0.632. The van der Waals surface area contributed by atoms with Crippen LogP contribution in [0.4, 0.5) is 0 Å². The number of hydrogen-bond acceptors (Lipinski definition) is 2. The zero-order valence-corrected chi connectivity index (χ0v) is 18.0. The highest BCUT2D eigenvalue weighted by Gasteiger charge is 2.18. The molecule has 0 saturated heterocycles.